The number of carbonyl (C=O) groups is 1. The van der Waals surface area contributed by atoms with Gasteiger partial charge in [-0.15, -0.1) is 0 Å². The zero-order valence-electron chi connectivity index (χ0n) is 19.9. The van der Waals surface area contributed by atoms with E-state index in [1.54, 1.807) is 54.2 Å². The Balaban J connectivity index is 1.61. The quantitative estimate of drug-likeness (QED) is 0.310. The van der Waals surface area contributed by atoms with Crippen molar-refractivity contribution in [2.75, 3.05) is 18.9 Å². The number of amides is 1. The first-order valence-electron chi connectivity index (χ1n) is 10.8. The van der Waals surface area contributed by atoms with Crippen molar-refractivity contribution in [2.24, 2.45) is 0 Å². The highest BCUT2D eigenvalue weighted by molar-refractivity contribution is 7.92. The predicted molar refractivity (Wildman–Crippen MR) is 132 cm³/mol. The van der Waals surface area contributed by atoms with Crippen LogP contribution in [0.2, 0.25) is 0 Å². The first kappa shape index (κ1) is 24.8. The summed E-state index contributed by atoms with van der Waals surface area (Å²) in [7, 11) is -1.16. The number of sulfonamides is 1. The van der Waals surface area contributed by atoms with Gasteiger partial charge in [0.2, 0.25) is 5.91 Å². The molecule has 188 valence electrons. The Morgan fingerprint density at radius 3 is 2.69 bits per heavy atom. The van der Waals surface area contributed by atoms with E-state index in [1.165, 1.54) is 20.3 Å². The molecule has 0 saturated heterocycles. The Bertz CT molecular complexity index is 1540. The molecule has 36 heavy (non-hydrogen) atoms. The third kappa shape index (κ3) is 5.03. The summed E-state index contributed by atoms with van der Waals surface area (Å²) in [6, 6.07) is 10.2. The SMILES string of the molecule is C=CC(=O)NCc1ccn(Cc2cc(OC)c3c(NS(=O)(=O)c4c(C)cccc4OC)noc3c2)n1. The molecule has 0 bridgehead atoms. The van der Waals surface area contributed by atoms with Crippen LogP contribution in [-0.2, 0) is 27.9 Å². The van der Waals surface area contributed by atoms with E-state index >= 15 is 0 Å². The van der Waals surface area contributed by atoms with Crippen LogP contribution in [0.4, 0.5) is 5.82 Å². The van der Waals surface area contributed by atoms with Crippen LogP contribution in [0.25, 0.3) is 11.0 Å². The van der Waals surface area contributed by atoms with Crippen LogP contribution in [0.1, 0.15) is 16.8 Å². The Morgan fingerprint density at radius 1 is 1.19 bits per heavy atom. The molecule has 1 amide bonds. The van der Waals surface area contributed by atoms with Gasteiger partial charge in [0.1, 0.15) is 21.8 Å². The second-order valence-electron chi connectivity index (χ2n) is 7.84. The van der Waals surface area contributed by atoms with Gasteiger partial charge in [-0.25, -0.2) is 8.42 Å². The summed E-state index contributed by atoms with van der Waals surface area (Å²) in [5.74, 6) is 0.312. The third-order valence-electron chi connectivity index (χ3n) is 5.38. The van der Waals surface area contributed by atoms with Gasteiger partial charge in [0.25, 0.3) is 10.0 Å². The predicted octanol–water partition coefficient (Wildman–Crippen LogP) is 3.00. The minimum Gasteiger partial charge on any atom is -0.496 e. The van der Waals surface area contributed by atoms with Gasteiger partial charge in [-0.2, -0.15) is 5.10 Å². The van der Waals surface area contributed by atoms with Crippen LogP contribution in [-0.4, -0.2) is 43.5 Å². The minimum absolute atomic E-state index is 0.00181. The first-order valence-corrected chi connectivity index (χ1v) is 12.3. The Kier molecular flexibility index (Phi) is 6.97. The highest BCUT2D eigenvalue weighted by Crippen LogP contribution is 2.36. The van der Waals surface area contributed by atoms with Crippen molar-refractivity contribution in [3.8, 4) is 11.5 Å². The van der Waals surface area contributed by atoms with Crippen LogP contribution in [0.15, 0.2) is 64.7 Å². The van der Waals surface area contributed by atoms with Crippen LogP contribution in [0.5, 0.6) is 11.5 Å². The minimum atomic E-state index is -4.05. The first-order chi connectivity index (χ1) is 17.2. The number of benzene rings is 2. The normalized spacial score (nSPS) is 11.3. The van der Waals surface area contributed by atoms with Crippen LogP contribution < -0.4 is 19.5 Å². The van der Waals surface area contributed by atoms with E-state index in [2.05, 4.69) is 26.9 Å². The van der Waals surface area contributed by atoms with E-state index in [9.17, 15) is 13.2 Å². The lowest BCUT2D eigenvalue weighted by molar-refractivity contribution is -0.116. The standard InChI is InChI=1S/C24H25N5O6S/c1-5-21(30)25-13-17-9-10-29(26-17)14-16-11-19(34-4)22-20(12-16)35-27-24(22)28-36(31,32)23-15(2)7-6-8-18(23)33-3/h5-12H,1,13-14H2,2-4H3,(H,25,30)(H,27,28). The molecular weight excluding hydrogens is 486 g/mol. The van der Waals surface area contributed by atoms with Gasteiger partial charge in [0.05, 0.1) is 33.0 Å². The summed E-state index contributed by atoms with van der Waals surface area (Å²) >= 11 is 0. The molecule has 0 fully saturated rings. The number of carbonyl (C=O) groups excluding carboxylic acids is 1. The largest absolute Gasteiger partial charge is 0.496 e. The van der Waals surface area contributed by atoms with Crippen LogP contribution >= 0.6 is 0 Å². The Morgan fingerprint density at radius 2 is 1.97 bits per heavy atom. The number of hydrogen-bond acceptors (Lipinski definition) is 8. The fourth-order valence-electron chi connectivity index (χ4n) is 3.74. The van der Waals surface area contributed by atoms with E-state index in [-0.39, 0.29) is 28.9 Å². The summed E-state index contributed by atoms with van der Waals surface area (Å²) < 4.78 is 46.8. The van der Waals surface area contributed by atoms with Gasteiger partial charge in [-0.3, -0.25) is 14.2 Å². The summed E-state index contributed by atoms with van der Waals surface area (Å²) in [6.07, 6.45) is 2.98. The number of ether oxygens (including phenoxy) is 2. The van der Waals surface area contributed by atoms with Gasteiger partial charge < -0.3 is 19.3 Å². The summed E-state index contributed by atoms with van der Waals surface area (Å²) in [5.41, 5.74) is 2.33. The van der Waals surface area contributed by atoms with Crippen molar-refractivity contribution < 1.29 is 27.2 Å². The summed E-state index contributed by atoms with van der Waals surface area (Å²) in [5, 5.41) is 11.4. The molecule has 2 heterocycles. The van der Waals surface area contributed by atoms with Crippen molar-refractivity contribution >= 4 is 32.7 Å². The maximum absolute atomic E-state index is 13.2. The number of anilines is 1. The molecule has 0 unspecified atom stereocenters. The molecule has 0 spiro atoms. The van der Waals surface area contributed by atoms with Crippen molar-refractivity contribution in [3.05, 3.63) is 72.1 Å². The van der Waals surface area contributed by atoms with Crippen molar-refractivity contribution in [3.63, 3.8) is 0 Å². The van der Waals surface area contributed by atoms with Crippen molar-refractivity contribution in [1.82, 2.24) is 20.3 Å². The molecule has 11 nitrogen and oxygen atoms in total. The van der Waals surface area contributed by atoms with Gasteiger partial charge in [-0.05, 0) is 48.4 Å². The monoisotopic (exact) mass is 511 g/mol. The number of aryl methyl sites for hydroxylation is 1. The number of aromatic nitrogens is 3. The fraction of sp³-hybridized carbons (Fsp3) is 0.208. The fourth-order valence-corrected chi connectivity index (χ4v) is 5.15. The smallest absolute Gasteiger partial charge is 0.267 e. The number of rotatable bonds is 10. The van der Waals surface area contributed by atoms with E-state index < -0.39 is 10.0 Å². The van der Waals surface area contributed by atoms with Gasteiger partial charge in [0.15, 0.2) is 11.4 Å². The molecule has 4 aromatic rings. The molecule has 0 atom stereocenters. The lowest BCUT2D eigenvalue weighted by Crippen LogP contribution is -2.20. The second-order valence-corrected chi connectivity index (χ2v) is 9.46. The summed E-state index contributed by atoms with van der Waals surface area (Å²) in [4.78, 5) is 11.4. The molecule has 2 aromatic carbocycles. The molecule has 2 aromatic heterocycles. The molecule has 0 aliphatic carbocycles. The zero-order valence-corrected chi connectivity index (χ0v) is 20.8. The van der Waals surface area contributed by atoms with E-state index in [1.807, 2.05) is 0 Å². The molecule has 12 heteroatoms. The number of methoxy groups -OCH3 is 2. The van der Waals surface area contributed by atoms with Gasteiger partial charge >= 0.3 is 0 Å². The number of nitrogens with one attached hydrogen (secondary N) is 2. The highest BCUT2D eigenvalue weighted by atomic mass is 32.2. The number of nitrogens with zero attached hydrogens (tertiary/aromatic N) is 3. The number of fused-ring (bicyclic) bond motifs is 1. The number of hydrogen-bond donors (Lipinski definition) is 2. The van der Waals surface area contributed by atoms with Gasteiger partial charge in [0, 0.05) is 6.20 Å². The average molecular weight is 512 g/mol. The van der Waals surface area contributed by atoms with Gasteiger partial charge in [-0.1, -0.05) is 23.9 Å². The van der Waals surface area contributed by atoms with Crippen molar-refractivity contribution in [1.29, 1.82) is 0 Å². The Hall–Kier alpha value is -4.32. The second kappa shape index (κ2) is 10.1. The van der Waals surface area contributed by atoms with Crippen molar-refractivity contribution in [2.45, 2.75) is 24.9 Å². The van der Waals surface area contributed by atoms with E-state index in [0.717, 1.165) is 5.56 Å². The Labute approximate surface area is 207 Å². The zero-order chi connectivity index (χ0) is 25.9. The molecular formula is C24H25N5O6S. The maximum atomic E-state index is 13.2. The van der Waals surface area contributed by atoms with Crippen LogP contribution in [0.3, 0.4) is 0 Å². The van der Waals surface area contributed by atoms with E-state index in [0.29, 0.717) is 34.5 Å². The average Bonchev–Trinajstić information content (AvgIpc) is 3.48. The molecule has 0 saturated carbocycles. The molecule has 0 radical (unpaired) electrons. The van der Waals surface area contributed by atoms with Crippen LogP contribution in [0, 0.1) is 6.92 Å². The molecule has 0 aliphatic rings. The molecule has 2 N–H and O–H groups in total. The lowest BCUT2D eigenvalue weighted by atomic mass is 10.1. The highest BCUT2D eigenvalue weighted by Gasteiger charge is 2.26. The maximum Gasteiger partial charge on any atom is 0.267 e. The molecule has 4 rings (SSSR count). The third-order valence-corrected chi connectivity index (χ3v) is 6.91. The molecule has 0 aliphatic heterocycles. The van der Waals surface area contributed by atoms with E-state index in [4.69, 9.17) is 14.0 Å². The summed E-state index contributed by atoms with van der Waals surface area (Å²) in [6.45, 7) is 5.75. The lowest BCUT2D eigenvalue weighted by Gasteiger charge is -2.13. The topological polar surface area (TPSA) is 138 Å².